The first-order chi connectivity index (χ1) is 8.40. The second kappa shape index (κ2) is 6.57. The Balaban J connectivity index is 1.59. The first-order valence-electron chi connectivity index (χ1n) is 6.16. The number of rotatable bonds is 8. The standard InChI is InChI=1S/C13H20N2O2/c1-16-13-12(3-2-6-15-13)9-14-7-8-17-10-11-4-5-11/h2-3,6,11,14H,4-5,7-10H2,1H3. The van der Waals surface area contributed by atoms with E-state index in [1.165, 1.54) is 12.8 Å². The Labute approximate surface area is 102 Å². The summed E-state index contributed by atoms with van der Waals surface area (Å²) < 4.78 is 10.7. The van der Waals surface area contributed by atoms with Crippen molar-refractivity contribution in [3.05, 3.63) is 23.9 Å². The molecule has 0 bridgehead atoms. The number of ether oxygens (including phenoxy) is 2. The number of nitrogens with one attached hydrogen (secondary N) is 1. The number of aromatic nitrogens is 1. The maximum Gasteiger partial charge on any atom is 0.217 e. The molecule has 0 radical (unpaired) electrons. The Morgan fingerprint density at radius 1 is 1.47 bits per heavy atom. The van der Waals surface area contributed by atoms with E-state index >= 15 is 0 Å². The van der Waals surface area contributed by atoms with Crippen LogP contribution < -0.4 is 10.1 Å². The minimum absolute atomic E-state index is 0.693. The zero-order valence-corrected chi connectivity index (χ0v) is 10.3. The predicted octanol–water partition coefficient (Wildman–Crippen LogP) is 1.61. The number of pyridine rings is 1. The molecule has 1 aromatic heterocycles. The van der Waals surface area contributed by atoms with Crippen molar-refractivity contribution in [2.45, 2.75) is 19.4 Å². The zero-order valence-electron chi connectivity index (χ0n) is 10.3. The van der Waals surface area contributed by atoms with Crippen molar-refractivity contribution in [3.8, 4) is 5.88 Å². The van der Waals surface area contributed by atoms with E-state index < -0.39 is 0 Å². The van der Waals surface area contributed by atoms with Crippen LogP contribution in [0.25, 0.3) is 0 Å². The van der Waals surface area contributed by atoms with Gasteiger partial charge < -0.3 is 14.8 Å². The lowest BCUT2D eigenvalue weighted by Gasteiger charge is -2.08. The van der Waals surface area contributed by atoms with Gasteiger partial charge in [0.2, 0.25) is 5.88 Å². The molecule has 0 atom stereocenters. The summed E-state index contributed by atoms with van der Waals surface area (Å²) in [5.41, 5.74) is 1.08. The van der Waals surface area contributed by atoms with E-state index in [9.17, 15) is 0 Å². The van der Waals surface area contributed by atoms with E-state index in [-0.39, 0.29) is 0 Å². The molecule has 1 aromatic rings. The molecule has 1 saturated carbocycles. The second-order valence-corrected chi connectivity index (χ2v) is 4.37. The molecule has 1 aliphatic carbocycles. The zero-order chi connectivity index (χ0) is 11.9. The maximum atomic E-state index is 5.54. The number of methoxy groups -OCH3 is 1. The van der Waals surface area contributed by atoms with E-state index in [0.29, 0.717) is 5.88 Å². The molecule has 4 heteroatoms. The van der Waals surface area contributed by atoms with Crippen molar-refractivity contribution in [1.82, 2.24) is 10.3 Å². The highest BCUT2D eigenvalue weighted by molar-refractivity contribution is 5.24. The van der Waals surface area contributed by atoms with Gasteiger partial charge in [0.15, 0.2) is 0 Å². The van der Waals surface area contributed by atoms with Crippen LogP contribution in [-0.4, -0.2) is 31.9 Å². The highest BCUT2D eigenvalue weighted by atomic mass is 16.5. The van der Waals surface area contributed by atoms with Gasteiger partial charge in [0, 0.05) is 31.5 Å². The van der Waals surface area contributed by atoms with Gasteiger partial charge in [-0.1, -0.05) is 6.07 Å². The van der Waals surface area contributed by atoms with Crippen LogP contribution >= 0.6 is 0 Å². The molecule has 4 nitrogen and oxygen atoms in total. The Bertz CT molecular complexity index is 340. The number of nitrogens with zero attached hydrogens (tertiary/aromatic N) is 1. The molecule has 94 valence electrons. The van der Waals surface area contributed by atoms with Crippen LogP contribution in [0.15, 0.2) is 18.3 Å². The number of hydrogen-bond acceptors (Lipinski definition) is 4. The van der Waals surface area contributed by atoms with Gasteiger partial charge in [0.05, 0.1) is 13.7 Å². The van der Waals surface area contributed by atoms with Crippen LogP contribution in [-0.2, 0) is 11.3 Å². The molecule has 0 saturated heterocycles. The molecular weight excluding hydrogens is 216 g/mol. The van der Waals surface area contributed by atoms with E-state index in [1.54, 1.807) is 13.3 Å². The van der Waals surface area contributed by atoms with Crippen molar-refractivity contribution in [1.29, 1.82) is 0 Å². The molecule has 17 heavy (non-hydrogen) atoms. The van der Waals surface area contributed by atoms with Crippen LogP contribution in [0.3, 0.4) is 0 Å². The quantitative estimate of drug-likeness (QED) is 0.696. The summed E-state index contributed by atoms with van der Waals surface area (Å²) in [6.07, 6.45) is 4.43. The molecule has 1 heterocycles. The van der Waals surface area contributed by atoms with Gasteiger partial charge in [-0.15, -0.1) is 0 Å². The van der Waals surface area contributed by atoms with Crippen molar-refractivity contribution >= 4 is 0 Å². The Morgan fingerprint density at radius 3 is 3.12 bits per heavy atom. The Kier molecular flexibility index (Phi) is 4.76. The topological polar surface area (TPSA) is 43.4 Å². The minimum atomic E-state index is 0.693. The Hall–Kier alpha value is -1.13. The summed E-state index contributed by atoms with van der Waals surface area (Å²) in [6.45, 7) is 3.34. The van der Waals surface area contributed by atoms with E-state index in [4.69, 9.17) is 9.47 Å². The van der Waals surface area contributed by atoms with Crippen LogP contribution in [0, 0.1) is 5.92 Å². The van der Waals surface area contributed by atoms with Gasteiger partial charge in [0.25, 0.3) is 0 Å². The highest BCUT2D eigenvalue weighted by Gasteiger charge is 2.20. The lowest BCUT2D eigenvalue weighted by Crippen LogP contribution is -2.20. The molecule has 1 fully saturated rings. The molecule has 1 N–H and O–H groups in total. The molecule has 0 aromatic carbocycles. The van der Waals surface area contributed by atoms with Gasteiger partial charge >= 0.3 is 0 Å². The van der Waals surface area contributed by atoms with Crippen molar-refractivity contribution in [2.24, 2.45) is 5.92 Å². The van der Waals surface area contributed by atoms with Crippen molar-refractivity contribution in [3.63, 3.8) is 0 Å². The average Bonchev–Trinajstić information content (AvgIpc) is 3.18. The lowest BCUT2D eigenvalue weighted by atomic mass is 10.2. The van der Waals surface area contributed by atoms with Crippen LogP contribution in [0.2, 0.25) is 0 Å². The third-order valence-electron chi connectivity index (χ3n) is 2.83. The molecule has 1 aliphatic rings. The number of hydrogen-bond donors (Lipinski definition) is 1. The second-order valence-electron chi connectivity index (χ2n) is 4.37. The molecule has 0 unspecified atom stereocenters. The molecule has 0 amide bonds. The summed E-state index contributed by atoms with van der Waals surface area (Å²) in [4.78, 5) is 4.15. The van der Waals surface area contributed by atoms with Crippen LogP contribution in [0.4, 0.5) is 0 Å². The average molecular weight is 236 g/mol. The first-order valence-corrected chi connectivity index (χ1v) is 6.16. The summed E-state index contributed by atoms with van der Waals surface area (Å²) in [7, 11) is 1.64. The van der Waals surface area contributed by atoms with Gasteiger partial charge in [-0.2, -0.15) is 0 Å². The largest absolute Gasteiger partial charge is 0.481 e. The molecular formula is C13H20N2O2. The van der Waals surface area contributed by atoms with Crippen LogP contribution in [0.5, 0.6) is 5.88 Å². The summed E-state index contributed by atoms with van der Waals surface area (Å²) >= 11 is 0. The molecule has 0 aliphatic heterocycles. The smallest absolute Gasteiger partial charge is 0.217 e. The molecule has 2 rings (SSSR count). The highest BCUT2D eigenvalue weighted by Crippen LogP contribution is 2.28. The normalized spacial score (nSPS) is 14.9. The Morgan fingerprint density at radius 2 is 2.35 bits per heavy atom. The first kappa shape index (κ1) is 12.3. The third-order valence-corrected chi connectivity index (χ3v) is 2.83. The van der Waals surface area contributed by atoms with Gasteiger partial charge in [0.1, 0.15) is 0 Å². The summed E-state index contributed by atoms with van der Waals surface area (Å²) in [5, 5.41) is 3.33. The fourth-order valence-electron chi connectivity index (χ4n) is 1.64. The maximum absolute atomic E-state index is 5.54. The van der Waals surface area contributed by atoms with Crippen molar-refractivity contribution in [2.75, 3.05) is 26.9 Å². The summed E-state index contributed by atoms with van der Waals surface area (Å²) in [6, 6.07) is 3.94. The predicted molar refractivity (Wildman–Crippen MR) is 66.0 cm³/mol. The van der Waals surface area contributed by atoms with Gasteiger partial charge in [-0.25, -0.2) is 4.98 Å². The fraction of sp³-hybridized carbons (Fsp3) is 0.615. The van der Waals surface area contributed by atoms with Gasteiger partial charge in [-0.05, 0) is 24.8 Å². The molecule has 0 spiro atoms. The van der Waals surface area contributed by atoms with Gasteiger partial charge in [-0.3, -0.25) is 0 Å². The van der Waals surface area contributed by atoms with Crippen molar-refractivity contribution < 1.29 is 9.47 Å². The lowest BCUT2D eigenvalue weighted by molar-refractivity contribution is 0.126. The van der Waals surface area contributed by atoms with Crippen LogP contribution in [0.1, 0.15) is 18.4 Å². The van der Waals surface area contributed by atoms with E-state index in [2.05, 4.69) is 10.3 Å². The summed E-state index contributed by atoms with van der Waals surface area (Å²) in [5.74, 6) is 1.53. The third kappa shape index (κ3) is 4.32. The van der Waals surface area contributed by atoms with E-state index in [1.807, 2.05) is 12.1 Å². The monoisotopic (exact) mass is 236 g/mol. The fourth-order valence-corrected chi connectivity index (χ4v) is 1.64. The minimum Gasteiger partial charge on any atom is -0.481 e. The SMILES string of the molecule is COc1ncccc1CNCCOCC1CC1. The van der Waals surface area contributed by atoms with E-state index in [0.717, 1.165) is 37.8 Å².